The maximum Gasteiger partial charge on any atom is 0.194 e. The Labute approximate surface area is 139 Å². The van der Waals surface area contributed by atoms with Gasteiger partial charge in [-0.2, -0.15) is 0 Å². The van der Waals surface area contributed by atoms with E-state index in [0.29, 0.717) is 0 Å². The lowest BCUT2D eigenvalue weighted by atomic mass is 10.00. The van der Waals surface area contributed by atoms with Gasteiger partial charge in [0.1, 0.15) is 6.10 Å². The van der Waals surface area contributed by atoms with Gasteiger partial charge in [-0.25, -0.2) is 0 Å². The van der Waals surface area contributed by atoms with E-state index in [2.05, 4.69) is 18.4 Å². The highest BCUT2D eigenvalue weighted by atomic mass is 32.2. The number of ether oxygens (including phenoxy) is 1. The highest BCUT2D eigenvalue weighted by molar-refractivity contribution is 7.98. The molecule has 3 heteroatoms. The Morgan fingerprint density at radius 1 is 0.957 bits per heavy atom. The lowest BCUT2D eigenvalue weighted by Crippen LogP contribution is -2.08. The van der Waals surface area contributed by atoms with Crippen molar-refractivity contribution in [1.82, 2.24) is 0 Å². The van der Waals surface area contributed by atoms with E-state index in [-0.39, 0.29) is 18.0 Å². The summed E-state index contributed by atoms with van der Waals surface area (Å²) in [7, 11) is 0. The van der Waals surface area contributed by atoms with Crippen LogP contribution >= 0.6 is 11.8 Å². The monoisotopic (exact) mass is 320 g/mol. The molecule has 0 aliphatic carbocycles. The zero-order valence-electron chi connectivity index (χ0n) is 12.7. The Balaban J connectivity index is 1.55. The second-order valence-electron chi connectivity index (χ2n) is 5.68. The topological polar surface area (TPSA) is 29.6 Å². The van der Waals surface area contributed by atoms with Crippen molar-refractivity contribution in [2.45, 2.75) is 17.1 Å². The van der Waals surface area contributed by atoms with E-state index in [4.69, 9.17) is 4.74 Å². The minimum atomic E-state index is -0.351. The van der Waals surface area contributed by atoms with Crippen LogP contribution in [0.15, 0.2) is 71.6 Å². The molecular formula is C20H16O2S. The molecule has 2 atom stereocenters. The maximum atomic E-state index is 12.6. The smallest absolute Gasteiger partial charge is 0.194 e. The number of fused-ring (bicyclic) bond motifs is 1. The number of hydrogen-bond donors (Lipinski definition) is 0. The Morgan fingerprint density at radius 2 is 1.70 bits per heavy atom. The number of carbonyl (C=O) groups is 1. The van der Waals surface area contributed by atoms with E-state index < -0.39 is 0 Å². The third-order valence-electron chi connectivity index (χ3n) is 4.23. The summed E-state index contributed by atoms with van der Waals surface area (Å²) in [6, 6.07) is 22.1. The first kappa shape index (κ1) is 14.5. The fraction of sp³-hybridized carbons (Fsp3) is 0.150. The number of benzene rings is 3. The van der Waals surface area contributed by atoms with E-state index >= 15 is 0 Å². The second kappa shape index (κ2) is 5.84. The summed E-state index contributed by atoms with van der Waals surface area (Å²) in [6.07, 6.45) is 1.59. The molecular weight excluding hydrogens is 304 g/mol. The van der Waals surface area contributed by atoms with Crippen molar-refractivity contribution in [2.75, 3.05) is 6.26 Å². The van der Waals surface area contributed by atoms with Crippen LogP contribution in [-0.2, 0) is 4.74 Å². The van der Waals surface area contributed by atoms with Gasteiger partial charge in [0.25, 0.3) is 0 Å². The van der Waals surface area contributed by atoms with Crippen LogP contribution in [0.25, 0.3) is 10.8 Å². The molecule has 114 valence electrons. The molecule has 1 aliphatic rings. The number of thioether (sulfide) groups is 1. The molecule has 3 aromatic carbocycles. The number of hydrogen-bond acceptors (Lipinski definition) is 3. The third kappa shape index (κ3) is 2.78. The normalized spacial score (nSPS) is 19.7. The van der Waals surface area contributed by atoms with E-state index in [1.54, 1.807) is 11.8 Å². The molecule has 23 heavy (non-hydrogen) atoms. The van der Waals surface area contributed by atoms with Gasteiger partial charge in [-0.05, 0) is 40.8 Å². The molecule has 0 N–H and O–H groups in total. The Hall–Kier alpha value is -2.10. The average Bonchev–Trinajstić information content (AvgIpc) is 3.41. The van der Waals surface area contributed by atoms with Gasteiger partial charge < -0.3 is 4.74 Å². The zero-order valence-corrected chi connectivity index (χ0v) is 13.5. The van der Waals surface area contributed by atoms with Crippen LogP contribution in [-0.4, -0.2) is 18.1 Å². The van der Waals surface area contributed by atoms with Crippen molar-refractivity contribution in [2.24, 2.45) is 0 Å². The van der Waals surface area contributed by atoms with Crippen LogP contribution in [0.5, 0.6) is 0 Å². The van der Waals surface area contributed by atoms with Crippen molar-refractivity contribution in [3.63, 3.8) is 0 Å². The van der Waals surface area contributed by atoms with E-state index in [0.717, 1.165) is 21.9 Å². The molecule has 0 saturated carbocycles. The molecule has 0 unspecified atom stereocenters. The second-order valence-corrected chi connectivity index (χ2v) is 6.56. The molecule has 1 aliphatic heterocycles. The Bertz CT molecular complexity index is 870. The van der Waals surface area contributed by atoms with Crippen molar-refractivity contribution < 1.29 is 9.53 Å². The molecule has 0 bridgehead atoms. The number of Topliss-reactive ketones (excluding diaryl/α,β-unsaturated/α-hetero) is 1. The van der Waals surface area contributed by atoms with Crippen molar-refractivity contribution in [1.29, 1.82) is 0 Å². The summed E-state index contributed by atoms with van der Waals surface area (Å²) in [4.78, 5) is 13.8. The molecule has 0 radical (unpaired) electrons. The molecule has 1 heterocycles. The molecule has 0 aromatic heterocycles. The van der Waals surface area contributed by atoms with Crippen LogP contribution < -0.4 is 0 Å². The highest BCUT2D eigenvalue weighted by Crippen LogP contribution is 2.41. The summed E-state index contributed by atoms with van der Waals surface area (Å²) in [5, 5.41) is 2.23. The largest absolute Gasteiger partial charge is 0.356 e. The average molecular weight is 320 g/mol. The third-order valence-corrected chi connectivity index (χ3v) is 4.97. The summed E-state index contributed by atoms with van der Waals surface area (Å²) in [5.41, 5.74) is 1.79. The lowest BCUT2D eigenvalue weighted by Gasteiger charge is -2.02. The van der Waals surface area contributed by atoms with Gasteiger partial charge in [-0.3, -0.25) is 4.79 Å². The number of ketones is 1. The van der Waals surface area contributed by atoms with E-state index in [1.807, 2.05) is 54.6 Å². The summed E-state index contributed by atoms with van der Waals surface area (Å²) in [6.45, 7) is 0. The molecule has 1 saturated heterocycles. The van der Waals surface area contributed by atoms with Crippen LogP contribution in [0.3, 0.4) is 0 Å². The van der Waals surface area contributed by atoms with Crippen LogP contribution in [0.4, 0.5) is 0 Å². The van der Waals surface area contributed by atoms with Crippen molar-refractivity contribution in [3.05, 3.63) is 77.9 Å². The first-order chi connectivity index (χ1) is 11.3. The minimum absolute atomic E-state index is 0.0645. The number of rotatable bonds is 4. The maximum absolute atomic E-state index is 12.6. The molecule has 1 fully saturated rings. The Kier molecular flexibility index (Phi) is 3.68. The van der Waals surface area contributed by atoms with Gasteiger partial charge in [0, 0.05) is 10.5 Å². The first-order valence-electron chi connectivity index (χ1n) is 7.59. The van der Waals surface area contributed by atoms with Gasteiger partial charge in [0.2, 0.25) is 0 Å². The van der Waals surface area contributed by atoms with Crippen LogP contribution in [0, 0.1) is 0 Å². The lowest BCUT2D eigenvalue weighted by molar-refractivity contribution is 0.0954. The van der Waals surface area contributed by atoms with Gasteiger partial charge in [-0.1, -0.05) is 48.5 Å². The van der Waals surface area contributed by atoms with Gasteiger partial charge >= 0.3 is 0 Å². The van der Waals surface area contributed by atoms with Gasteiger partial charge in [0.15, 0.2) is 11.9 Å². The molecule has 2 nitrogen and oxygen atoms in total. The predicted molar refractivity (Wildman–Crippen MR) is 94.1 cm³/mol. The highest BCUT2D eigenvalue weighted by Gasteiger charge is 2.46. The standard InChI is InChI=1S/C20H16O2S/c1-23-17-10-8-14(9-11-17)19-20(22-19)18(21)16-7-6-13-4-2-3-5-15(13)12-16/h2-12,19-20H,1H3/t19-,20+/m1/s1. The molecule has 3 aromatic rings. The van der Waals surface area contributed by atoms with Crippen LogP contribution in [0.1, 0.15) is 22.0 Å². The van der Waals surface area contributed by atoms with Gasteiger partial charge in [-0.15, -0.1) is 11.8 Å². The molecule has 4 rings (SSSR count). The van der Waals surface area contributed by atoms with E-state index in [1.165, 1.54) is 4.90 Å². The molecule has 0 spiro atoms. The van der Waals surface area contributed by atoms with Gasteiger partial charge in [0.05, 0.1) is 0 Å². The fourth-order valence-electron chi connectivity index (χ4n) is 2.87. The van der Waals surface area contributed by atoms with E-state index in [9.17, 15) is 4.79 Å². The van der Waals surface area contributed by atoms with Crippen LogP contribution in [0.2, 0.25) is 0 Å². The van der Waals surface area contributed by atoms with Crippen molar-refractivity contribution >= 4 is 28.3 Å². The minimum Gasteiger partial charge on any atom is -0.356 e. The fourth-order valence-corrected chi connectivity index (χ4v) is 3.27. The quantitative estimate of drug-likeness (QED) is 0.390. The summed E-state index contributed by atoms with van der Waals surface area (Å²) >= 11 is 1.71. The summed E-state index contributed by atoms with van der Waals surface area (Å²) < 4.78 is 5.65. The first-order valence-corrected chi connectivity index (χ1v) is 8.81. The summed E-state index contributed by atoms with van der Waals surface area (Å²) in [5.74, 6) is 0.0645. The number of epoxide rings is 1. The van der Waals surface area contributed by atoms with Crippen molar-refractivity contribution in [3.8, 4) is 0 Å². The molecule has 0 amide bonds. The predicted octanol–water partition coefficient (Wildman–Crippen LogP) is 4.88. The Morgan fingerprint density at radius 3 is 2.43 bits per heavy atom. The SMILES string of the molecule is CSc1ccc([C@H]2O[C@H]2C(=O)c2ccc3ccccc3c2)cc1. The number of carbonyl (C=O) groups excluding carboxylic acids is 1. The zero-order chi connectivity index (χ0) is 15.8.